The number of carbonyl (C=O) groups is 2. The van der Waals surface area contributed by atoms with Crippen LogP contribution < -0.4 is 4.74 Å². The Kier molecular flexibility index (Phi) is 5.29. The SMILES string of the molecule is CCSC1=C(c2ccc(OC)cc2)C(=O)N(C2CCCCC2)C1=O. The second-order valence-electron chi connectivity index (χ2n) is 6.14. The zero-order chi connectivity index (χ0) is 17.1. The molecule has 24 heavy (non-hydrogen) atoms. The molecule has 1 aromatic carbocycles. The maximum atomic E-state index is 13.1. The molecule has 1 fully saturated rings. The summed E-state index contributed by atoms with van der Waals surface area (Å²) in [6.07, 6.45) is 5.24. The highest BCUT2D eigenvalue weighted by atomic mass is 32.2. The molecular formula is C19H23NO3S. The van der Waals surface area contributed by atoms with Gasteiger partial charge in [-0.3, -0.25) is 14.5 Å². The molecule has 0 N–H and O–H groups in total. The summed E-state index contributed by atoms with van der Waals surface area (Å²) in [6.45, 7) is 2.00. The quantitative estimate of drug-likeness (QED) is 0.760. The van der Waals surface area contributed by atoms with Crippen LogP contribution in [0.3, 0.4) is 0 Å². The first kappa shape index (κ1) is 17.1. The molecule has 128 valence electrons. The summed E-state index contributed by atoms with van der Waals surface area (Å²) in [5.41, 5.74) is 1.35. The van der Waals surface area contributed by atoms with Gasteiger partial charge in [-0.2, -0.15) is 0 Å². The molecule has 0 radical (unpaired) electrons. The molecule has 1 aliphatic carbocycles. The molecule has 0 spiro atoms. The molecule has 2 amide bonds. The number of imide groups is 1. The minimum absolute atomic E-state index is 0.0574. The lowest BCUT2D eigenvalue weighted by molar-refractivity contribution is -0.139. The standard InChI is InChI=1S/C19H23NO3S/c1-3-24-17-16(13-9-11-15(23-2)12-10-13)18(21)20(19(17)22)14-7-5-4-6-8-14/h9-12,14H,3-8H2,1-2H3. The Morgan fingerprint density at radius 1 is 1.08 bits per heavy atom. The van der Waals surface area contributed by atoms with E-state index < -0.39 is 0 Å². The first-order valence-corrected chi connectivity index (χ1v) is 9.55. The molecule has 1 aromatic rings. The fourth-order valence-corrected chi connectivity index (χ4v) is 4.35. The Morgan fingerprint density at radius 2 is 1.75 bits per heavy atom. The van der Waals surface area contributed by atoms with Gasteiger partial charge in [0.25, 0.3) is 11.8 Å². The van der Waals surface area contributed by atoms with Crippen LogP contribution in [0.15, 0.2) is 29.2 Å². The third-order valence-electron chi connectivity index (χ3n) is 4.68. The smallest absolute Gasteiger partial charge is 0.268 e. The second kappa shape index (κ2) is 7.43. The number of benzene rings is 1. The van der Waals surface area contributed by atoms with Crippen LogP contribution in [0.4, 0.5) is 0 Å². The number of rotatable bonds is 5. The van der Waals surface area contributed by atoms with Crippen molar-refractivity contribution in [1.29, 1.82) is 0 Å². The highest BCUT2D eigenvalue weighted by molar-refractivity contribution is 8.04. The number of ether oxygens (including phenoxy) is 1. The lowest BCUT2D eigenvalue weighted by Crippen LogP contribution is -2.42. The molecule has 2 aliphatic rings. The Hall–Kier alpha value is -1.75. The average Bonchev–Trinajstić information content (AvgIpc) is 2.86. The summed E-state index contributed by atoms with van der Waals surface area (Å²) >= 11 is 1.47. The highest BCUT2D eigenvalue weighted by Gasteiger charge is 2.42. The van der Waals surface area contributed by atoms with E-state index in [4.69, 9.17) is 4.74 Å². The van der Waals surface area contributed by atoms with E-state index in [9.17, 15) is 9.59 Å². The van der Waals surface area contributed by atoms with Crippen LogP contribution in [-0.4, -0.2) is 35.6 Å². The summed E-state index contributed by atoms with van der Waals surface area (Å²) in [6, 6.07) is 7.44. The molecular weight excluding hydrogens is 322 g/mol. The van der Waals surface area contributed by atoms with Crippen molar-refractivity contribution in [2.45, 2.75) is 45.1 Å². The van der Waals surface area contributed by atoms with Gasteiger partial charge in [0.2, 0.25) is 0 Å². The number of carbonyl (C=O) groups excluding carboxylic acids is 2. The highest BCUT2D eigenvalue weighted by Crippen LogP contribution is 2.39. The van der Waals surface area contributed by atoms with Crippen molar-refractivity contribution in [3.05, 3.63) is 34.7 Å². The van der Waals surface area contributed by atoms with Gasteiger partial charge in [-0.05, 0) is 36.3 Å². The van der Waals surface area contributed by atoms with Crippen LogP contribution in [0, 0.1) is 0 Å². The van der Waals surface area contributed by atoms with Crippen molar-refractivity contribution in [3.8, 4) is 5.75 Å². The fraction of sp³-hybridized carbons (Fsp3) is 0.474. The third kappa shape index (κ3) is 3.09. The first-order valence-electron chi connectivity index (χ1n) is 8.56. The van der Waals surface area contributed by atoms with Gasteiger partial charge in [0, 0.05) is 6.04 Å². The zero-order valence-corrected chi connectivity index (χ0v) is 15.0. The van der Waals surface area contributed by atoms with E-state index in [1.54, 1.807) is 7.11 Å². The number of methoxy groups -OCH3 is 1. The summed E-state index contributed by atoms with van der Waals surface area (Å²) in [7, 11) is 1.61. The summed E-state index contributed by atoms with van der Waals surface area (Å²) in [5.74, 6) is 1.27. The minimum Gasteiger partial charge on any atom is -0.497 e. The molecule has 0 saturated heterocycles. The fourth-order valence-electron chi connectivity index (χ4n) is 3.49. The number of nitrogens with zero attached hydrogens (tertiary/aromatic N) is 1. The van der Waals surface area contributed by atoms with Crippen LogP contribution >= 0.6 is 11.8 Å². The average molecular weight is 345 g/mol. The lowest BCUT2D eigenvalue weighted by atomic mass is 9.94. The van der Waals surface area contributed by atoms with Crippen LogP contribution in [0.25, 0.3) is 5.57 Å². The van der Waals surface area contributed by atoms with Gasteiger partial charge >= 0.3 is 0 Å². The van der Waals surface area contributed by atoms with Crippen LogP contribution in [0.5, 0.6) is 5.75 Å². The van der Waals surface area contributed by atoms with Gasteiger partial charge in [-0.25, -0.2) is 0 Å². The molecule has 1 heterocycles. The molecule has 0 atom stereocenters. The Morgan fingerprint density at radius 3 is 2.33 bits per heavy atom. The number of hydrogen-bond donors (Lipinski definition) is 0. The third-order valence-corrected chi connectivity index (χ3v) is 5.64. The first-order chi connectivity index (χ1) is 11.7. The van der Waals surface area contributed by atoms with E-state index in [1.807, 2.05) is 31.2 Å². The Bertz CT molecular complexity index is 660. The van der Waals surface area contributed by atoms with Gasteiger partial charge in [0.15, 0.2) is 0 Å². The largest absolute Gasteiger partial charge is 0.497 e. The van der Waals surface area contributed by atoms with E-state index in [0.717, 1.165) is 42.7 Å². The van der Waals surface area contributed by atoms with Crippen molar-refractivity contribution >= 4 is 29.1 Å². The number of hydrogen-bond acceptors (Lipinski definition) is 4. The predicted molar refractivity (Wildman–Crippen MR) is 96.8 cm³/mol. The lowest BCUT2D eigenvalue weighted by Gasteiger charge is -2.29. The predicted octanol–water partition coefficient (Wildman–Crippen LogP) is 3.86. The summed E-state index contributed by atoms with van der Waals surface area (Å²) in [5, 5.41) is 0. The van der Waals surface area contributed by atoms with Crippen molar-refractivity contribution in [2.75, 3.05) is 12.9 Å². The topological polar surface area (TPSA) is 46.6 Å². The van der Waals surface area contributed by atoms with Crippen molar-refractivity contribution in [3.63, 3.8) is 0 Å². The molecule has 0 bridgehead atoms. The maximum Gasteiger partial charge on any atom is 0.268 e. The number of amides is 2. The van der Waals surface area contributed by atoms with Crippen LogP contribution in [0.1, 0.15) is 44.6 Å². The number of thioether (sulfide) groups is 1. The Balaban J connectivity index is 1.96. The van der Waals surface area contributed by atoms with Gasteiger partial charge in [-0.1, -0.05) is 38.3 Å². The zero-order valence-electron chi connectivity index (χ0n) is 14.2. The van der Waals surface area contributed by atoms with Crippen molar-refractivity contribution < 1.29 is 14.3 Å². The van der Waals surface area contributed by atoms with E-state index in [2.05, 4.69) is 0 Å². The van der Waals surface area contributed by atoms with E-state index in [1.165, 1.54) is 23.1 Å². The molecule has 5 heteroatoms. The van der Waals surface area contributed by atoms with Crippen molar-refractivity contribution in [2.24, 2.45) is 0 Å². The van der Waals surface area contributed by atoms with Gasteiger partial charge in [0.1, 0.15) is 5.75 Å². The molecule has 0 unspecified atom stereocenters. The molecule has 1 aliphatic heterocycles. The molecule has 0 aromatic heterocycles. The maximum absolute atomic E-state index is 13.1. The molecule has 4 nitrogen and oxygen atoms in total. The Labute approximate surface area is 147 Å². The normalized spacial score (nSPS) is 19.3. The summed E-state index contributed by atoms with van der Waals surface area (Å²) < 4.78 is 5.19. The molecule has 3 rings (SSSR count). The van der Waals surface area contributed by atoms with E-state index in [0.29, 0.717) is 10.5 Å². The van der Waals surface area contributed by atoms with Gasteiger partial charge in [0.05, 0.1) is 17.6 Å². The van der Waals surface area contributed by atoms with E-state index >= 15 is 0 Å². The van der Waals surface area contributed by atoms with Crippen molar-refractivity contribution in [1.82, 2.24) is 4.90 Å². The summed E-state index contributed by atoms with van der Waals surface area (Å²) in [4.78, 5) is 28.1. The van der Waals surface area contributed by atoms with Crippen LogP contribution in [0.2, 0.25) is 0 Å². The van der Waals surface area contributed by atoms with Gasteiger partial charge < -0.3 is 4.74 Å². The second-order valence-corrected chi connectivity index (χ2v) is 7.41. The molecule has 1 saturated carbocycles. The monoisotopic (exact) mass is 345 g/mol. The van der Waals surface area contributed by atoms with E-state index in [-0.39, 0.29) is 17.9 Å². The van der Waals surface area contributed by atoms with Crippen LogP contribution in [-0.2, 0) is 9.59 Å². The minimum atomic E-state index is -0.131. The van der Waals surface area contributed by atoms with Gasteiger partial charge in [-0.15, -0.1) is 11.8 Å².